The Morgan fingerprint density at radius 2 is 1.85 bits per heavy atom. The van der Waals surface area contributed by atoms with Crippen LogP contribution in [0.3, 0.4) is 0 Å². The molecule has 2 rings (SSSR count). The summed E-state index contributed by atoms with van der Waals surface area (Å²) in [4.78, 5) is 11.6. The van der Waals surface area contributed by atoms with E-state index in [1.165, 1.54) is 12.1 Å². The fraction of sp³-hybridized carbons (Fsp3) is 0.286. The number of nitrogens with one attached hydrogen (secondary N) is 1. The number of halogens is 2. The van der Waals surface area contributed by atoms with Crippen molar-refractivity contribution in [3.05, 3.63) is 55.4 Å². The molecular weight excluding hydrogens is 299 g/mol. The van der Waals surface area contributed by atoms with Gasteiger partial charge >= 0.3 is 0 Å². The van der Waals surface area contributed by atoms with Crippen LogP contribution in [0.25, 0.3) is 0 Å². The van der Waals surface area contributed by atoms with E-state index in [2.05, 4.69) is 10.2 Å². The minimum atomic E-state index is -0.188. The van der Waals surface area contributed by atoms with Crippen molar-refractivity contribution in [3.8, 4) is 5.75 Å². The highest BCUT2D eigenvalue weighted by Crippen LogP contribution is 2.31. The minimum Gasteiger partial charge on any atom is -0.508 e. The van der Waals surface area contributed by atoms with E-state index >= 15 is 0 Å². The molecular formula is C14H14Cl2N2O2. The van der Waals surface area contributed by atoms with Gasteiger partial charge in [-0.2, -0.15) is 5.10 Å². The standard InChI is InChI=1S/C14H14Cl2N2O2/c1-7(2)10-3-8(17-18-14(10)20)4-11-12(15)5-9(19)6-13(11)16/h3,5-7,19H,4H2,1-2H3,(H,18,20). The number of phenolic OH excluding ortho intramolecular Hbond substituents is 1. The third kappa shape index (κ3) is 3.14. The van der Waals surface area contributed by atoms with Crippen LogP contribution in [0.1, 0.15) is 36.6 Å². The molecule has 2 aromatic rings. The molecule has 0 aliphatic rings. The van der Waals surface area contributed by atoms with E-state index in [1.54, 1.807) is 6.07 Å². The number of rotatable bonds is 3. The predicted octanol–water partition coefficient (Wildman–Crippen LogP) is 3.50. The summed E-state index contributed by atoms with van der Waals surface area (Å²) >= 11 is 12.1. The highest BCUT2D eigenvalue weighted by atomic mass is 35.5. The van der Waals surface area contributed by atoms with Crippen molar-refractivity contribution in [2.45, 2.75) is 26.2 Å². The van der Waals surface area contributed by atoms with Crippen molar-refractivity contribution in [1.82, 2.24) is 10.2 Å². The second kappa shape index (κ2) is 5.85. The summed E-state index contributed by atoms with van der Waals surface area (Å²) in [7, 11) is 0. The zero-order valence-corrected chi connectivity index (χ0v) is 12.6. The zero-order chi connectivity index (χ0) is 14.9. The average molecular weight is 313 g/mol. The fourth-order valence-corrected chi connectivity index (χ4v) is 2.53. The lowest BCUT2D eigenvalue weighted by Gasteiger charge is -2.09. The van der Waals surface area contributed by atoms with Gasteiger partial charge in [-0.25, -0.2) is 5.10 Å². The van der Waals surface area contributed by atoms with Crippen LogP contribution in [0.15, 0.2) is 23.0 Å². The molecule has 0 saturated heterocycles. The van der Waals surface area contributed by atoms with Crippen molar-refractivity contribution in [3.63, 3.8) is 0 Å². The molecule has 0 atom stereocenters. The number of aromatic nitrogens is 2. The quantitative estimate of drug-likeness (QED) is 0.911. The second-order valence-corrected chi connectivity index (χ2v) is 5.68. The Morgan fingerprint density at radius 1 is 1.25 bits per heavy atom. The van der Waals surface area contributed by atoms with E-state index in [4.69, 9.17) is 23.2 Å². The Morgan fingerprint density at radius 3 is 2.40 bits per heavy atom. The fourth-order valence-electron chi connectivity index (χ4n) is 1.92. The number of aromatic amines is 1. The number of benzene rings is 1. The van der Waals surface area contributed by atoms with Gasteiger partial charge in [0.1, 0.15) is 5.75 Å². The van der Waals surface area contributed by atoms with Crippen molar-refractivity contribution in [1.29, 1.82) is 0 Å². The number of hydrogen-bond donors (Lipinski definition) is 2. The zero-order valence-electron chi connectivity index (χ0n) is 11.1. The first-order chi connectivity index (χ1) is 9.38. The van der Waals surface area contributed by atoms with Crippen molar-refractivity contribution >= 4 is 23.2 Å². The molecule has 106 valence electrons. The van der Waals surface area contributed by atoms with Gasteiger partial charge in [0.15, 0.2) is 0 Å². The molecule has 0 unspecified atom stereocenters. The predicted molar refractivity (Wildman–Crippen MR) is 79.9 cm³/mol. The highest BCUT2D eigenvalue weighted by Gasteiger charge is 2.12. The average Bonchev–Trinajstić information content (AvgIpc) is 2.35. The highest BCUT2D eigenvalue weighted by molar-refractivity contribution is 6.36. The maximum absolute atomic E-state index is 11.6. The molecule has 1 heterocycles. The minimum absolute atomic E-state index is 0.0149. The van der Waals surface area contributed by atoms with Gasteiger partial charge in [0, 0.05) is 22.0 Å². The Balaban J connectivity index is 2.41. The summed E-state index contributed by atoms with van der Waals surface area (Å²) in [6.45, 7) is 3.88. The van der Waals surface area contributed by atoms with E-state index in [-0.39, 0.29) is 17.2 Å². The topological polar surface area (TPSA) is 66.0 Å². The Bertz CT molecular complexity index is 673. The molecule has 1 aromatic carbocycles. The third-order valence-electron chi connectivity index (χ3n) is 2.99. The summed E-state index contributed by atoms with van der Waals surface area (Å²) in [5, 5.41) is 16.6. The van der Waals surface area contributed by atoms with Gasteiger partial charge in [0.25, 0.3) is 5.56 Å². The molecule has 2 N–H and O–H groups in total. The number of nitrogens with zero attached hydrogens (tertiary/aromatic N) is 1. The van der Waals surface area contributed by atoms with Gasteiger partial charge in [-0.05, 0) is 29.7 Å². The Hall–Kier alpha value is -1.52. The molecule has 1 aromatic heterocycles. The molecule has 0 saturated carbocycles. The van der Waals surface area contributed by atoms with Gasteiger partial charge in [-0.1, -0.05) is 37.0 Å². The molecule has 0 bridgehead atoms. The first-order valence-corrected chi connectivity index (χ1v) is 6.89. The van der Waals surface area contributed by atoms with Gasteiger partial charge in [-0.3, -0.25) is 4.79 Å². The Kier molecular flexibility index (Phi) is 4.35. The molecule has 4 nitrogen and oxygen atoms in total. The summed E-state index contributed by atoms with van der Waals surface area (Å²) < 4.78 is 0. The van der Waals surface area contributed by atoms with Crippen molar-refractivity contribution < 1.29 is 5.11 Å². The summed E-state index contributed by atoms with van der Waals surface area (Å²) in [5.41, 5.74) is 1.82. The number of aromatic hydroxyl groups is 1. The smallest absolute Gasteiger partial charge is 0.267 e. The SMILES string of the molecule is CC(C)c1cc(Cc2c(Cl)cc(O)cc2Cl)n[nH]c1=O. The first kappa shape index (κ1) is 14.9. The van der Waals surface area contributed by atoms with E-state index < -0.39 is 0 Å². The number of hydrogen-bond acceptors (Lipinski definition) is 3. The summed E-state index contributed by atoms with van der Waals surface area (Å²) in [5.74, 6) is 0.118. The summed E-state index contributed by atoms with van der Waals surface area (Å²) in [6.07, 6.45) is 0.383. The molecule has 0 fully saturated rings. The molecule has 0 spiro atoms. The maximum atomic E-state index is 11.6. The van der Waals surface area contributed by atoms with E-state index in [1.807, 2.05) is 13.8 Å². The normalized spacial score (nSPS) is 11.1. The maximum Gasteiger partial charge on any atom is 0.267 e. The van der Waals surface area contributed by atoms with Crippen LogP contribution in [-0.4, -0.2) is 15.3 Å². The largest absolute Gasteiger partial charge is 0.508 e. The van der Waals surface area contributed by atoms with Crippen LogP contribution in [0.2, 0.25) is 10.0 Å². The van der Waals surface area contributed by atoms with Crippen LogP contribution in [-0.2, 0) is 6.42 Å². The van der Waals surface area contributed by atoms with Crippen LogP contribution in [0.5, 0.6) is 5.75 Å². The van der Waals surface area contributed by atoms with Crippen LogP contribution >= 0.6 is 23.2 Å². The van der Waals surface area contributed by atoms with E-state index in [0.29, 0.717) is 33.3 Å². The first-order valence-electron chi connectivity index (χ1n) is 6.14. The lowest BCUT2D eigenvalue weighted by molar-refractivity contribution is 0.475. The molecule has 6 heteroatoms. The second-order valence-electron chi connectivity index (χ2n) is 4.86. The van der Waals surface area contributed by atoms with Crippen molar-refractivity contribution in [2.75, 3.05) is 0 Å². The summed E-state index contributed by atoms with van der Waals surface area (Å²) in [6, 6.07) is 4.61. The van der Waals surface area contributed by atoms with Crippen molar-refractivity contribution in [2.24, 2.45) is 0 Å². The molecule has 0 radical (unpaired) electrons. The lowest BCUT2D eigenvalue weighted by atomic mass is 10.0. The third-order valence-corrected chi connectivity index (χ3v) is 3.67. The van der Waals surface area contributed by atoms with Gasteiger partial charge in [0.05, 0.1) is 5.69 Å². The molecule has 0 aliphatic heterocycles. The number of H-pyrrole nitrogens is 1. The van der Waals surface area contributed by atoms with Gasteiger partial charge in [0.2, 0.25) is 0 Å². The number of phenols is 1. The monoisotopic (exact) mass is 312 g/mol. The molecule has 20 heavy (non-hydrogen) atoms. The lowest BCUT2D eigenvalue weighted by Crippen LogP contribution is -2.17. The van der Waals surface area contributed by atoms with Crippen LogP contribution in [0.4, 0.5) is 0 Å². The molecule has 0 aliphatic carbocycles. The molecule has 0 amide bonds. The van der Waals surface area contributed by atoms with Gasteiger partial charge in [-0.15, -0.1) is 0 Å². The van der Waals surface area contributed by atoms with E-state index in [0.717, 1.165) is 0 Å². The van der Waals surface area contributed by atoms with Crippen LogP contribution in [0, 0.1) is 0 Å². The van der Waals surface area contributed by atoms with E-state index in [9.17, 15) is 9.90 Å². The van der Waals surface area contributed by atoms with Gasteiger partial charge < -0.3 is 5.11 Å². The Labute approximate surface area is 126 Å². The van der Waals surface area contributed by atoms with Crippen LogP contribution < -0.4 is 5.56 Å².